The summed E-state index contributed by atoms with van der Waals surface area (Å²) < 4.78 is 0. The van der Waals surface area contributed by atoms with Crippen molar-refractivity contribution < 1.29 is 9.72 Å². The molecule has 1 aliphatic rings. The van der Waals surface area contributed by atoms with Crippen LogP contribution in [0, 0.1) is 17.0 Å². The molecule has 1 aromatic rings. The number of nitrogens with zero attached hydrogens (tertiary/aromatic N) is 2. The summed E-state index contributed by atoms with van der Waals surface area (Å²) in [6, 6.07) is 4.85. The van der Waals surface area contributed by atoms with Crippen LogP contribution in [-0.4, -0.2) is 22.4 Å². The third-order valence-electron chi connectivity index (χ3n) is 2.90. The van der Waals surface area contributed by atoms with Crippen molar-refractivity contribution in [3.63, 3.8) is 0 Å². The molecule has 1 amide bonds. The van der Waals surface area contributed by atoms with Crippen LogP contribution in [0.5, 0.6) is 0 Å². The lowest BCUT2D eigenvalue weighted by atomic mass is 10.2. The summed E-state index contributed by atoms with van der Waals surface area (Å²) in [5, 5.41) is 12.5. The number of anilines is 1. The summed E-state index contributed by atoms with van der Waals surface area (Å²) in [5.74, 6) is -0.490. The van der Waals surface area contributed by atoms with Crippen LogP contribution in [-0.2, 0) is 4.79 Å². The predicted octanol–water partition coefficient (Wildman–Crippen LogP) is 1.47. The Hall–Kier alpha value is -2.83. The molecule has 104 valence electrons. The standard InChI is InChI=1S/C13H14N4O3/c1-9-4-5-11(7-12(9)17(19)20)15-16-6-2-3-10(8-16)13(14)18/h2-7,15H,8H2,1H3,(H2,14,18). The van der Waals surface area contributed by atoms with Gasteiger partial charge in [0.05, 0.1) is 17.2 Å². The van der Waals surface area contributed by atoms with Crippen LogP contribution in [0.2, 0.25) is 0 Å². The van der Waals surface area contributed by atoms with Crippen LogP contribution in [0.4, 0.5) is 11.4 Å². The summed E-state index contributed by atoms with van der Waals surface area (Å²) in [4.78, 5) is 21.6. The fraction of sp³-hybridized carbons (Fsp3) is 0.154. The molecule has 1 heterocycles. The molecule has 1 aliphatic heterocycles. The summed E-state index contributed by atoms with van der Waals surface area (Å²) in [5.41, 5.74) is 9.86. The lowest BCUT2D eigenvalue weighted by Gasteiger charge is -2.25. The highest BCUT2D eigenvalue weighted by Gasteiger charge is 2.14. The van der Waals surface area contributed by atoms with Gasteiger partial charge in [-0.25, -0.2) is 0 Å². The van der Waals surface area contributed by atoms with Crippen molar-refractivity contribution in [2.24, 2.45) is 5.73 Å². The number of nitro benzene ring substituents is 1. The zero-order valence-electron chi connectivity index (χ0n) is 10.9. The average Bonchev–Trinajstić information content (AvgIpc) is 2.41. The minimum absolute atomic E-state index is 0.0432. The maximum Gasteiger partial charge on any atom is 0.274 e. The predicted molar refractivity (Wildman–Crippen MR) is 74.6 cm³/mol. The molecule has 20 heavy (non-hydrogen) atoms. The van der Waals surface area contributed by atoms with Gasteiger partial charge in [-0.15, -0.1) is 0 Å². The molecule has 0 bridgehead atoms. The number of hydrogen-bond acceptors (Lipinski definition) is 5. The van der Waals surface area contributed by atoms with E-state index in [4.69, 9.17) is 5.73 Å². The highest BCUT2D eigenvalue weighted by molar-refractivity contribution is 5.93. The monoisotopic (exact) mass is 274 g/mol. The van der Waals surface area contributed by atoms with Gasteiger partial charge in [0, 0.05) is 23.4 Å². The number of carbonyl (C=O) groups excluding carboxylic acids is 1. The molecule has 3 N–H and O–H groups in total. The molecule has 0 atom stereocenters. The minimum atomic E-state index is -0.490. The van der Waals surface area contributed by atoms with Crippen LogP contribution in [0.3, 0.4) is 0 Å². The number of nitro groups is 1. The van der Waals surface area contributed by atoms with Crippen molar-refractivity contribution in [2.45, 2.75) is 6.92 Å². The van der Waals surface area contributed by atoms with E-state index in [2.05, 4.69) is 5.43 Å². The summed E-state index contributed by atoms with van der Waals surface area (Å²) in [6.07, 6.45) is 5.04. The first-order chi connectivity index (χ1) is 9.47. The molecule has 0 unspecified atom stereocenters. The number of hydrogen-bond donors (Lipinski definition) is 2. The first-order valence-electron chi connectivity index (χ1n) is 5.93. The van der Waals surface area contributed by atoms with Gasteiger partial charge in [0.1, 0.15) is 0 Å². The second-order valence-corrected chi connectivity index (χ2v) is 4.40. The summed E-state index contributed by atoms with van der Waals surface area (Å²) >= 11 is 0. The largest absolute Gasteiger partial charge is 0.366 e. The van der Waals surface area contributed by atoms with Gasteiger partial charge in [-0.1, -0.05) is 12.1 Å². The van der Waals surface area contributed by atoms with E-state index in [1.165, 1.54) is 6.07 Å². The SMILES string of the molecule is Cc1ccc(NN2C=CC=C(C(N)=O)C2)cc1[N+](=O)[O-]. The fourth-order valence-corrected chi connectivity index (χ4v) is 1.83. The van der Waals surface area contributed by atoms with Gasteiger partial charge in [0.25, 0.3) is 5.69 Å². The quantitative estimate of drug-likeness (QED) is 0.639. The average molecular weight is 274 g/mol. The number of aryl methyl sites for hydroxylation is 1. The van der Waals surface area contributed by atoms with Crippen molar-refractivity contribution in [3.8, 4) is 0 Å². The van der Waals surface area contributed by atoms with Crippen LogP contribution in [0.25, 0.3) is 0 Å². The summed E-state index contributed by atoms with van der Waals surface area (Å²) in [6.45, 7) is 1.98. The highest BCUT2D eigenvalue weighted by atomic mass is 16.6. The number of hydrazine groups is 1. The second kappa shape index (κ2) is 5.43. The normalized spacial score (nSPS) is 13.8. The van der Waals surface area contributed by atoms with Crippen LogP contribution < -0.4 is 11.2 Å². The Kier molecular flexibility index (Phi) is 3.69. The van der Waals surface area contributed by atoms with Gasteiger partial charge in [-0.05, 0) is 19.1 Å². The van der Waals surface area contributed by atoms with Crippen molar-refractivity contribution in [1.29, 1.82) is 0 Å². The van der Waals surface area contributed by atoms with Crippen molar-refractivity contribution in [1.82, 2.24) is 5.01 Å². The van der Waals surface area contributed by atoms with E-state index in [0.717, 1.165) is 0 Å². The van der Waals surface area contributed by atoms with Gasteiger partial charge < -0.3 is 5.73 Å². The Morgan fingerprint density at radius 3 is 2.90 bits per heavy atom. The third kappa shape index (κ3) is 2.94. The summed E-state index contributed by atoms with van der Waals surface area (Å²) in [7, 11) is 0. The molecule has 0 saturated carbocycles. The van der Waals surface area contributed by atoms with E-state index in [1.54, 1.807) is 42.4 Å². The molecule has 7 nitrogen and oxygen atoms in total. The zero-order chi connectivity index (χ0) is 14.7. The second-order valence-electron chi connectivity index (χ2n) is 4.40. The Balaban J connectivity index is 2.14. The number of benzene rings is 1. The number of primary amides is 1. The van der Waals surface area contributed by atoms with Gasteiger partial charge in [0.2, 0.25) is 5.91 Å². The molecular weight excluding hydrogens is 260 g/mol. The Morgan fingerprint density at radius 1 is 1.50 bits per heavy atom. The Labute approximate surface area is 115 Å². The maximum atomic E-state index is 11.1. The number of rotatable bonds is 4. The number of nitrogens with one attached hydrogen (secondary N) is 1. The Morgan fingerprint density at radius 2 is 2.25 bits per heavy atom. The molecule has 1 aromatic carbocycles. The van der Waals surface area contributed by atoms with E-state index in [-0.39, 0.29) is 5.69 Å². The van der Waals surface area contributed by atoms with Gasteiger partial charge in [-0.2, -0.15) is 0 Å². The molecule has 0 fully saturated rings. The molecule has 0 aliphatic carbocycles. The lowest BCUT2D eigenvalue weighted by molar-refractivity contribution is -0.385. The van der Waals surface area contributed by atoms with E-state index in [0.29, 0.717) is 23.4 Å². The minimum Gasteiger partial charge on any atom is -0.366 e. The van der Waals surface area contributed by atoms with Gasteiger partial charge >= 0.3 is 0 Å². The van der Waals surface area contributed by atoms with Crippen LogP contribution in [0.1, 0.15) is 5.56 Å². The van der Waals surface area contributed by atoms with Crippen molar-refractivity contribution >= 4 is 17.3 Å². The molecule has 7 heteroatoms. The van der Waals surface area contributed by atoms with Crippen molar-refractivity contribution in [2.75, 3.05) is 12.0 Å². The number of allylic oxidation sites excluding steroid dienone is 2. The van der Waals surface area contributed by atoms with Crippen LogP contribution in [0.15, 0.2) is 42.1 Å². The van der Waals surface area contributed by atoms with Crippen molar-refractivity contribution in [3.05, 3.63) is 57.8 Å². The van der Waals surface area contributed by atoms with E-state index < -0.39 is 10.8 Å². The number of amides is 1. The molecule has 2 rings (SSSR count). The number of carbonyl (C=O) groups is 1. The Bertz CT molecular complexity index is 622. The highest BCUT2D eigenvalue weighted by Crippen LogP contribution is 2.23. The lowest BCUT2D eigenvalue weighted by Crippen LogP contribution is -2.32. The van der Waals surface area contributed by atoms with E-state index in [9.17, 15) is 14.9 Å². The third-order valence-corrected chi connectivity index (χ3v) is 2.90. The molecule has 0 radical (unpaired) electrons. The van der Waals surface area contributed by atoms with E-state index >= 15 is 0 Å². The fourth-order valence-electron chi connectivity index (χ4n) is 1.83. The maximum absolute atomic E-state index is 11.1. The molecule has 0 spiro atoms. The first-order valence-corrected chi connectivity index (χ1v) is 5.93. The molecular formula is C13H14N4O3. The van der Waals surface area contributed by atoms with Gasteiger partial charge in [-0.3, -0.25) is 25.3 Å². The van der Waals surface area contributed by atoms with Gasteiger partial charge in [0.15, 0.2) is 0 Å². The zero-order valence-corrected chi connectivity index (χ0v) is 10.9. The van der Waals surface area contributed by atoms with Crippen LogP contribution >= 0.6 is 0 Å². The molecule has 0 aromatic heterocycles. The first kappa shape index (κ1) is 13.6. The van der Waals surface area contributed by atoms with E-state index in [1.807, 2.05) is 0 Å². The smallest absolute Gasteiger partial charge is 0.274 e. The molecule has 0 saturated heterocycles. The number of nitrogens with two attached hydrogens (primary N) is 1. The topological polar surface area (TPSA) is 102 Å².